The van der Waals surface area contributed by atoms with Gasteiger partial charge < -0.3 is 25.3 Å². The van der Waals surface area contributed by atoms with Gasteiger partial charge in [0, 0.05) is 41.0 Å². The topological polar surface area (TPSA) is 129 Å². The Balaban J connectivity index is 1.50. The van der Waals surface area contributed by atoms with Gasteiger partial charge in [-0.05, 0) is 57.9 Å². The van der Waals surface area contributed by atoms with E-state index in [4.69, 9.17) is 4.74 Å². The van der Waals surface area contributed by atoms with Gasteiger partial charge >= 0.3 is 0 Å². The molecular weight excluding hydrogens is 479 g/mol. The van der Waals surface area contributed by atoms with Gasteiger partial charge in [-0.15, -0.1) is 0 Å². The summed E-state index contributed by atoms with van der Waals surface area (Å²) in [6.07, 6.45) is 3.48. The average Bonchev–Trinajstić information content (AvgIpc) is 3.36. The molecule has 5 rings (SSSR count). The number of carbonyl (C=O) groups is 3. The molecule has 1 atom stereocenters. The van der Waals surface area contributed by atoms with E-state index in [9.17, 15) is 29.0 Å². The monoisotopic (exact) mass is 504 g/mol. The number of nitrogens with one attached hydrogen (secondary N) is 2. The number of ether oxygens (including phenoxy) is 1. The maximum Gasteiger partial charge on any atom is 0.194 e. The number of halogens is 1. The number of aromatic amines is 1. The zero-order chi connectivity index (χ0) is 26.8. The lowest BCUT2D eigenvalue weighted by atomic mass is 9.70. The van der Waals surface area contributed by atoms with Crippen molar-refractivity contribution in [1.82, 2.24) is 10.3 Å². The molecule has 2 aliphatic rings. The van der Waals surface area contributed by atoms with Crippen LogP contribution in [-0.4, -0.2) is 39.1 Å². The Morgan fingerprint density at radius 2 is 1.92 bits per heavy atom. The second-order valence-electron chi connectivity index (χ2n) is 9.57. The van der Waals surface area contributed by atoms with Crippen molar-refractivity contribution in [3.8, 4) is 17.2 Å². The van der Waals surface area contributed by atoms with E-state index in [2.05, 4.69) is 10.3 Å². The number of hydrogen-bond donors (Lipinski definition) is 4. The number of hydrogen-bond acceptors (Lipinski definition) is 7. The second kappa shape index (κ2) is 8.33. The van der Waals surface area contributed by atoms with Crippen molar-refractivity contribution in [2.24, 2.45) is 0 Å². The van der Waals surface area contributed by atoms with E-state index in [0.29, 0.717) is 18.7 Å². The summed E-state index contributed by atoms with van der Waals surface area (Å²) in [5, 5.41) is 25.2. The van der Waals surface area contributed by atoms with E-state index in [1.165, 1.54) is 39.0 Å². The Hall–Kier alpha value is -4.40. The molecule has 0 saturated carbocycles. The fourth-order valence-corrected chi connectivity index (χ4v) is 5.19. The highest BCUT2D eigenvalue weighted by molar-refractivity contribution is 6.31. The molecule has 9 heteroatoms. The molecule has 4 N–H and O–H groups in total. The number of Topliss-reactive ketones (excluding diaryl/α,β-unsaturated/α-hetero) is 2. The summed E-state index contributed by atoms with van der Waals surface area (Å²) in [6.45, 7) is 6.17. The van der Waals surface area contributed by atoms with E-state index in [0.717, 1.165) is 16.5 Å². The molecule has 2 heterocycles. The Morgan fingerprint density at radius 1 is 1.19 bits per heavy atom. The van der Waals surface area contributed by atoms with Crippen LogP contribution in [0.2, 0.25) is 0 Å². The number of carbonyl (C=O) groups excluding carboxylic acids is 3. The van der Waals surface area contributed by atoms with Crippen molar-refractivity contribution in [1.29, 1.82) is 0 Å². The lowest BCUT2D eigenvalue weighted by molar-refractivity contribution is -0.123. The molecule has 0 saturated heterocycles. The molecule has 0 fully saturated rings. The molecule has 2 aromatic carbocycles. The van der Waals surface area contributed by atoms with Crippen LogP contribution in [0, 0.1) is 12.7 Å². The summed E-state index contributed by atoms with van der Waals surface area (Å²) in [5.41, 5.74) is 0.291. The normalized spacial score (nSPS) is 19.9. The van der Waals surface area contributed by atoms with Crippen LogP contribution in [0.5, 0.6) is 17.2 Å². The molecule has 1 aliphatic carbocycles. The fraction of sp³-hybridized carbons (Fsp3) is 0.250. The zero-order valence-corrected chi connectivity index (χ0v) is 20.7. The molecule has 3 aromatic rings. The average molecular weight is 505 g/mol. The summed E-state index contributed by atoms with van der Waals surface area (Å²) in [5.74, 6) is -2.97. The molecule has 0 spiro atoms. The third kappa shape index (κ3) is 3.45. The lowest BCUT2D eigenvalue weighted by Gasteiger charge is -2.29. The molecular formula is C28H25FN2O6. The standard InChI is InChI=1S/C28H25FN2O6/c1-12-24(34)22(14(3)32)26-23(25(12)35)28(4)20(37-26)10-19(33)21(27(28)36)13(2)30-8-7-15-11-31-18-6-5-16(29)9-17(15)18/h5-6,9-11,30-31,34-35H,7-8H2,1-4H3/t28-/m0/s1. The number of fused-ring (bicyclic) bond motifs is 4. The maximum absolute atomic E-state index is 13.8. The molecule has 190 valence electrons. The third-order valence-electron chi connectivity index (χ3n) is 7.27. The molecule has 0 unspecified atom stereocenters. The van der Waals surface area contributed by atoms with Crippen LogP contribution in [0.3, 0.4) is 0 Å². The first kappa shape index (κ1) is 24.3. The highest BCUT2D eigenvalue weighted by Crippen LogP contribution is 2.57. The van der Waals surface area contributed by atoms with Crippen molar-refractivity contribution in [2.45, 2.75) is 39.5 Å². The number of phenolic OH excluding ortho intramolecular Hbond substituents is 2. The zero-order valence-electron chi connectivity index (χ0n) is 20.7. The Morgan fingerprint density at radius 3 is 2.62 bits per heavy atom. The summed E-state index contributed by atoms with van der Waals surface area (Å²) >= 11 is 0. The van der Waals surface area contributed by atoms with Gasteiger partial charge in [-0.3, -0.25) is 14.4 Å². The molecule has 0 radical (unpaired) electrons. The minimum Gasteiger partial charge on any atom is -0.507 e. The third-order valence-corrected chi connectivity index (χ3v) is 7.27. The van der Waals surface area contributed by atoms with Crippen LogP contribution >= 0.6 is 0 Å². The maximum atomic E-state index is 13.8. The van der Waals surface area contributed by atoms with Crippen molar-refractivity contribution in [2.75, 3.05) is 6.54 Å². The highest BCUT2D eigenvalue weighted by atomic mass is 19.1. The molecule has 37 heavy (non-hydrogen) atoms. The number of phenols is 2. The first-order chi connectivity index (χ1) is 17.5. The Labute approximate surface area is 211 Å². The summed E-state index contributed by atoms with van der Waals surface area (Å²) in [7, 11) is 0. The van der Waals surface area contributed by atoms with Gasteiger partial charge in [0.1, 0.15) is 39.8 Å². The minimum absolute atomic E-state index is 0.0160. The SMILES string of the molecule is CC(=O)c1c(O)c(C)c(O)c2c1OC1=CC(=O)C(=C(C)NCCc3c[nH]c4ccc(F)cc34)C(=O)[C@@]12C. The number of benzene rings is 2. The smallest absolute Gasteiger partial charge is 0.194 e. The fourth-order valence-electron chi connectivity index (χ4n) is 5.19. The quantitative estimate of drug-likeness (QED) is 0.235. The molecule has 0 bridgehead atoms. The summed E-state index contributed by atoms with van der Waals surface area (Å²) < 4.78 is 19.5. The largest absolute Gasteiger partial charge is 0.507 e. The van der Waals surface area contributed by atoms with Gasteiger partial charge in [0.2, 0.25) is 0 Å². The van der Waals surface area contributed by atoms with Crippen LogP contribution < -0.4 is 10.1 Å². The predicted octanol–water partition coefficient (Wildman–Crippen LogP) is 4.02. The van der Waals surface area contributed by atoms with E-state index < -0.39 is 28.5 Å². The number of aromatic hydroxyl groups is 2. The number of rotatable bonds is 5. The van der Waals surface area contributed by atoms with E-state index in [1.807, 2.05) is 0 Å². The van der Waals surface area contributed by atoms with Crippen LogP contribution in [0.4, 0.5) is 4.39 Å². The molecule has 8 nitrogen and oxygen atoms in total. The number of H-pyrrole nitrogens is 1. The van der Waals surface area contributed by atoms with E-state index in [-0.39, 0.29) is 45.3 Å². The van der Waals surface area contributed by atoms with Crippen molar-refractivity contribution in [3.63, 3.8) is 0 Å². The van der Waals surface area contributed by atoms with Gasteiger partial charge in [-0.1, -0.05) is 0 Å². The first-order valence-electron chi connectivity index (χ1n) is 11.8. The number of aromatic nitrogens is 1. The van der Waals surface area contributed by atoms with Crippen LogP contribution in [0.15, 0.2) is 47.5 Å². The number of allylic oxidation sites excluding steroid dienone is 4. The highest BCUT2D eigenvalue weighted by Gasteiger charge is 2.56. The van der Waals surface area contributed by atoms with Crippen LogP contribution in [-0.2, 0) is 21.4 Å². The van der Waals surface area contributed by atoms with Gasteiger partial charge in [0.25, 0.3) is 0 Å². The van der Waals surface area contributed by atoms with Gasteiger partial charge in [-0.2, -0.15) is 0 Å². The molecule has 1 aliphatic heterocycles. The van der Waals surface area contributed by atoms with E-state index in [1.54, 1.807) is 19.2 Å². The second-order valence-corrected chi connectivity index (χ2v) is 9.57. The van der Waals surface area contributed by atoms with Gasteiger partial charge in [0.05, 0.1) is 11.1 Å². The van der Waals surface area contributed by atoms with E-state index >= 15 is 0 Å². The van der Waals surface area contributed by atoms with Crippen LogP contribution in [0.25, 0.3) is 10.9 Å². The van der Waals surface area contributed by atoms with Crippen LogP contribution in [0.1, 0.15) is 47.8 Å². The number of ketones is 3. The first-order valence-corrected chi connectivity index (χ1v) is 11.8. The van der Waals surface area contributed by atoms with Crippen molar-refractivity contribution in [3.05, 3.63) is 75.6 Å². The molecule has 0 amide bonds. The summed E-state index contributed by atoms with van der Waals surface area (Å²) in [4.78, 5) is 42.2. The minimum atomic E-state index is -1.57. The van der Waals surface area contributed by atoms with Crippen molar-refractivity contribution < 1.29 is 33.7 Å². The Kier molecular flexibility index (Phi) is 5.47. The van der Waals surface area contributed by atoms with Gasteiger partial charge in [0.15, 0.2) is 17.3 Å². The van der Waals surface area contributed by atoms with Gasteiger partial charge in [-0.25, -0.2) is 4.39 Å². The Bertz CT molecular complexity index is 1610. The lowest BCUT2D eigenvalue weighted by Crippen LogP contribution is -2.41. The molecule has 1 aromatic heterocycles. The predicted molar refractivity (Wildman–Crippen MR) is 133 cm³/mol. The van der Waals surface area contributed by atoms with Crippen molar-refractivity contribution >= 4 is 28.3 Å². The summed E-state index contributed by atoms with van der Waals surface area (Å²) in [6, 6.07) is 4.49.